The van der Waals surface area contributed by atoms with Gasteiger partial charge in [0.1, 0.15) is 11.9 Å². The summed E-state index contributed by atoms with van der Waals surface area (Å²) in [5.41, 5.74) is 1.23. The van der Waals surface area contributed by atoms with Gasteiger partial charge in [0.2, 0.25) is 0 Å². The van der Waals surface area contributed by atoms with E-state index in [4.69, 9.17) is 9.47 Å². The first-order valence-corrected chi connectivity index (χ1v) is 6.38. The molecule has 94 valence electrons. The molecule has 3 nitrogen and oxygen atoms in total. The second-order valence-electron chi connectivity index (χ2n) is 4.49. The number of para-hydroxylation sites is 1. The first kappa shape index (κ1) is 12.4. The van der Waals surface area contributed by atoms with Crippen molar-refractivity contribution in [2.24, 2.45) is 0 Å². The minimum absolute atomic E-state index is 0.231. The van der Waals surface area contributed by atoms with E-state index in [-0.39, 0.29) is 6.10 Å². The van der Waals surface area contributed by atoms with Crippen LogP contribution in [0.2, 0.25) is 0 Å². The van der Waals surface area contributed by atoms with E-state index in [1.54, 1.807) is 0 Å². The quantitative estimate of drug-likeness (QED) is 0.822. The highest BCUT2D eigenvalue weighted by molar-refractivity contribution is 5.35. The van der Waals surface area contributed by atoms with Gasteiger partial charge in [-0.05, 0) is 26.0 Å². The zero-order valence-corrected chi connectivity index (χ0v) is 10.6. The molecule has 0 aromatic heterocycles. The van der Waals surface area contributed by atoms with E-state index in [9.17, 15) is 0 Å². The summed E-state index contributed by atoms with van der Waals surface area (Å²) in [6, 6.07) is 8.57. The standard InChI is InChI=1S/C14H21NO2/c1-3-8-15-11(2)13-6-4-5-7-14(13)17-12-9-16-10-12/h4-7,11-12,15H,3,8-10H2,1-2H3. The van der Waals surface area contributed by atoms with Crippen molar-refractivity contribution < 1.29 is 9.47 Å². The van der Waals surface area contributed by atoms with E-state index in [1.165, 1.54) is 5.56 Å². The maximum Gasteiger partial charge on any atom is 0.145 e. The van der Waals surface area contributed by atoms with E-state index < -0.39 is 0 Å². The molecule has 0 radical (unpaired) electrons. The lowest BCUT2D eigenvalue weighted by Crippen LogP contribution is -2.39. The van der Waals surface area contributed by atoms with Crippen LogP contribution >= 0.6 is 0 Å². The third-order valence-electron chi connectivity index (χ3n) is 2.99. The molecule has 1 aromatic rings. The molecule has 0 amide bonds. The maximum atomic E-state index is 5.92. The van der Waals surface area contributed by atoms with Crippen LogP contribution in [0.1, 0.15) is 31.9 Å². The van der Waals surface area contributed by atoms with Crippen LogP contribution in [0.4, 0.5) is 0 Å². The molecule has 1 aliphatic rings. The minimum atomic E-state index is 0.231. The largest absolute Gasteiger partial charge is 0.485 e. The second-order valence-corrected chi connectivity index (χ2v) is 4.49. The molecule has 17 heavy (non-hydrogen) atoms. The van der Waals surface area contributed by atoms with Gasteiger partial charge in [-0.2, -0.15) is 0 Å². The summed E-state index contributed by atoms with van der Waals surface area (Å²) in [7, 11) is 0. The molecule has 1 unspecified atom stereocenters. The van der Waals surface area contributed by atoms with Crippen LogP contribution in [0.3, 0.4) is 0 Å². The Morgan fingerprint density at radius 1 is 1.41 bits per heavy atom. The van der Waals surface area contributed by atoms with E-state index >= 15 is 0 Å². The number of benzene rings is 1. The van der Waals surface area contributed by atoms with Crippen molar-refractivity contribution in [3.63, 3.8) is 0 Å². The Morgan fingerprint density at radius 3 is 2.82 bits per heavy atom. The van der Waals surface area contributed by atoms with Gasteiger partial charge in [0.05, 0.1) is 13.2 Å². The van der Waals surface area contributed by atoms with Gasteiger partial charge >= 0.3 is 0 Å². The van der Waals surface area contributed by atoms with Gasteiger partial charge in [-0.25, -0.2) is 0 Å². The Kier molecular flexibility index (Phi) is 4.40. The second kappa shape index (κ2) is 6.03. The van der Waals surface area contributed by atoms with Crippen molar-refractivity contribution >= 4 is 0 Å². The average Bonchev–Trinajstić information content (AvgIpc) is 2.31. The predicted molar refractivity (Wildman–Crippen MR) is 68.4 cm³/mol. The number of hydrogen-bond acceptors (Lipinski definition) is 3. The molecule has 1 heterocycles. The molecule has 1 N–H and O–H groups in total. The van der Waals surface area contributed by atoms with Crippen LogP contribution in [0.25, 0.3) is 0 Å². The lowest BCUT2D eigenvalue weighted by atomic mass is 10.1. The van der Waals surface area contributed by atoms with Crippen molar-refractivity contribution in [3.8, 4) is 5.75 Å². The van der Waals surface area contributed by atoms with E-state index in [0.29, 0.717) is 19.3 Å². The smallest absolute Gasteiger partial charge is 0.145 e. The monoisotopic (exact) mass is 235 g/mol. The summed E-state index contributed by atoms with van der Waals surface area (Å²) in [6.45, 7) is 6.81. The minimum Gasteiger partial charge on any atom is -0.485 e. The molecular formula is C14H21NO2. The molecule has 1 aromatic carbocycles. The van der Waals surface area contributed by atoms with Crippen LogP contribution in [-0.4, -0.2) is 25.9 Å². The summed E-state index contributed by atoms with van der Waals surface area (Å²) in [6.07, 6.45) is 1.37. The van der Waals surface area contributed by atoms with Crippen molar-refractivity contribution in [2.75, 3.05) is 19.8 Å². The van der Waals surface area contributed by atoms with Crippen LogP contribution in [0.15, 0.2) is 24.3 Å². The molecule has 2 rings (SSSR count). The zero-order valence-electron chi connectivity index (χ0n) is 10.6. The number of nitrogens with one attached hydrogen (secondary N) is 1. The maximum absolute atomic E-state index is 5.92. The first-order chi connectivity index (χ1) is 8.31. The molecule has 3 heteroatoms. The predicted octanol–water partition coefficient (Wildman–Crippen LogP) is 2.52. The molecular weight excluding hydrogens is 214 g/mol. The molecule has 1 aliphatic heterocycles. The molecule has 0 spiro atoms. The fourth-order valence-corrected chi connectivity index (χ4v) is 1.88. The van der Waals surface area contributed by atoms with Crippen molar-refractivity contribution in [1.82, 2.24) is 5.32 Å². The van der Waals surface area contributed by atoms with Crippen LogP contribution in [0, 0.1) is 0 Å². The van der Waals surface area contributed by atoms with Crippen LogP contribution in [-0.2, 0) is 4.74 Å². The first-order valence-electron chi connectivity index (χ1n) is 6.38. The summed E-state index contributed by atoms with van der Waals surface area (Å²) in [5, 5.41) is 3.49. The Balaban J connectivity index is 2.03. The molecule has 0 saturated carbocycles. The third-order valence-corrected chi connectivity index (χ3v) is 2.99. The Morgan fingerprint density at radius 2 is 2.18 bits per heavy atom. The molecule has 0 bridgehead atoms. The van der Waals surface area contributed by atoms with Crippen molar-refractivity contribution in [1.29, 1.82) is 0 Å². The lowest BCUT2D eigenvalue weighted by Gasteiger charge is -2.28. The third kappa shape index (κ3) is 3.20. The van der Waals surface area contributed by atoms with E-state index in [0.717, 1.165) is 18.7 Å². The number of hydrogen-bond donors (Lipinski definition) is 1. The molecule has 1 saturated heterocycles. The SMILES string of the molecule is CCCNC(C)c1ccccc1OC1COC1. The van der Waals surface area contributed by atoms with Gasteiger partial charge in [-0.3, -0.25) is 0 Å². The summed E-state index contributed by atoms with van der Waals surface area (Å²) < 4.78 is 11.0. The highest BCUT2D eigenvalue weighted by Crippen LogP contribution is 2.26. The van der Waals surface area contributed by atoms with Crippen molar-refractivity contribution in [2.45, 2.75) is 32.4 Å². The number of ether oxygens (including phenoxy) is 2. The number of rotatable bonds is 6. The average molecular weight is 235 g/mol. The van der Waals surface area contributed by atoms with Gasteiger partial charge in [0, 0.05) is 11.6 Å². The topological polar surface area (TPSA) is 30.5 Å². The van der Waals surface area contributed by atoms with Gasteiger partial charge in [0.25, 0.3) is 0 Å². The van der Waals surface area contributed by atoms with Crippen molar-refractivity contribution in [3.05, 3.63) is 29.8 Å². The Bertz CT molecular complexity index is 350. The van der Waals surface area contributed by atoms with Gasteiger partial charge in [-0.15, -0.1) is 0 Å². The fraction of sp³-hybridized carbons (Fsp3) is 0.571. The van der Waals surface area contributed by atoms with Gasteiger partial charge in [0.15, 0.2) is 0 Å². The summed E-state index contributed by atoms with van der Waals surface area (Å²) >= 11 is 0. The van der Waals surface area contributed by atoms with Gasteiger partial charge in [-0.1, -0.05) is 25.1 Å². The van der Waals surface area contributed by atoms with Crippen LogP contribution < -0.4 is 10.1 Å². The zero-order chi connectivity index (χ0) is 12.1. The van der Waals surface area contributed by atoms with E-state index in [1.807, 2.05) is 12.1 Å². The highest BCUT2D eigenvalue weighted by Gasteiger charge is 2.22. The normalized spacial score (nSPS) is 17.5. The van der Waals surface area contributed by atoms with Gasteiger partial charge < -0.3 is 14.8 Å². The fourth-order valence-electron chi connectivity index (χ4n) is 1.88. The van der Waals surface area contributed by atoms with E-state index in [2.05, 4.69) is 31.3 Å². The summed E-state index contributed by atoms with van der Waals surface area (Å²) in [5.74, 6) is 0.983. The van der Waals surface area contributed by atoms with Crippen LogP contribution in [0.5, 0.6) is 5.75 Å². The summed E-state index contributed by atoms with van der Waals surface area (Å²) in [4.78, 5) is 0. The molecule has 0 aliphatic carbocycles. The Labute approximate surface area is 103 Å². The molecule has 1 atom stereocenters. The Hall–Kier alpha value is -1.06. The lowest BCUT2D eigenvalue weighted by molar-refractivity contribution is -0.0801. The highest BCUT2D eigenvalue weighted by atomic mass is 16.6. The molecule has 1 fully saturated rings.